The molecular weight excluding hydrogens is 244 g/mol. The third-order valence-electron chi connectivity index (χ3n) is 2.76. The van der Waals surface area contributed by atoms with Crippen LogP contribution in [0.2, 0.25) is 0 Å². The van der Waals surface area contributed by atoms with Crippen LogP contribution in [-0.4, -0.2) is 30.8 Å². The highest BCUT2D eigenvalue weighted by Gasteiger charge is 2.17. The first-order valence-electron chi connectivity index (χ1n) is 5.80. The molecule has 7 nitrogen and oxygen atoms in total. The monoisotopic (exact) mass is 260 g/mol. The summed E-state index contributed by atoms with van der Waals surface area (Å²) in [4.78, 5) is 8.68. The van der Waals surface area contributed by atoms with Crippen LogP contribution in [0.3, 0.4) is 0 Å². The Morgan fingerprint density at radius 3 is 2.47 bits per heavy atom. The van der Waals surface area contributed by atoms with E-state index in [1.807, 2.05) is 26.8 Å². The van der Waals surface area contributed by atoms with Crippen LogP contribution in [-0.2, 0) is 0 Å². The maximum Gasteiger partial charge on any atom is 0.174 e. The average Bonchev–Trinajstić information content (AvgIpc) is 2.66. The Hall–Kier alpha value is -2.44. The summed E-state index contributed by atoms with van der Waals surface area (Å²) in [7, 11) is 0. The van der Waals surface area contributed by atoms with Crippen LogP contribution in [0.15, 0.2) is 11.2 Å². The molecule has 0 aliphatic rings. The number of amidine groups is 1. The molecule has 0 atom stereocenters. The number of hydrogen-bond acceptors (Lipinski definition) is 5. The van der Waals surface area contributed by atoms with Crippen LogP contribution in [0.25, 0.3) is 5.82 Å². The molecule has 19 heavy (non-hydrogen) atoms. The van der Waals surface area contributed by atoms with Crippen molar-refractivity contribution in [2.75, 3.05) is 0 Å². The van der Waals surface area contributed by atoms with E-state index in [1.165, 1.54) is 0 Å². The van der Waals surface area contributed by atoms with Crippen LogP contribution in [0.4, 0.5) is 0 Å². The number of pyridine rings is 1. The standard InChI is InChI=1S/C12H16N6O/c1-6-5-7(2)14-12(10(6)11(13)17-19)18-9(4)15-8(3)16-18/h5,19H,1-4H3,(H2,13,17). The van der Waals surface area contributed by atoms with Gasteiger partial charge in [0.2, 0.25) is 0 Å². The maximum atomic E-state index is 8.92. The maximum absolute atomic E-state index is 8.92. The quantitative estimate of drug-likeness (QED) is 0.363. The fourth-order valence-corrected chi connectivity index (χ4v) is 2.06. The van der Waals surface area contributed by atoms with Crippen molar-refractivity contribution in [3.05, 3.63) is 34.5 Å². The lowest BCUT2D eigenvalue weighted by Crippen LogP contribution is -2.20. The molecular formula is C12H16N6O. The minimum absolute atomic E-state index is 0.00699. The molecule has 3 N–H and O–H groups in total. The topological polar surface area (TPSA) is 102 Å². The van der Waals surface area contributed by atoms with Gasteiger partial charge in [-0.1, -0.05) is 5.16 Å². The summed E-state index contributed by atoms with van der Waals surface area (Å²) in [5.74, 6) is 1.87. The van der Waals surface area contributed by atoms with E-state index in [4.69, 9.17) is 10.9 Å². The number of rotatable bonds is 2. The Morgan fingerprint density at radius 1 is 1.26 bits per heavy atom. The molecule has 2 aromatic heterocycles. The predicted molar refractivity (Wildman–Crippen MR) is 70.6 cm³/mol. The highest BCUT2D eigenvalue weighted by molar-refractivity contribution is 6.01. The third-order valence-corrected chi connectivity index (χ3v) is 2.76. The van der Waals surface area contributed by atoms with Crippen LogP contribution < -0.4 is 5.73 Å². The lowest BCUT2D eigenvalue weighted by molar-refractivity contribution is 0.318. The van der Waals surface area contributed by atoms with E-state index in [-0.39, 0.29) is 5.84 Å². The van der Waals surface area contributed by atoms with Crippen molar-refractivity contribution in [2.45, 2.75) is 27.7 Å². The Bertz CT molecular complexity index is 658. The second-order valence-corrected chi connectivity index (χ2v) is 4.38. The van der Waals surface area contributed by atoms with E-state index in [9.17, 15) is 0 Å². The molecule has 0 aliphatic carbocycles. The first-order chi connectivity index (χ1) is 8.93. The second-order valence-electron chi connectivity index (χ2n) is 4.38. The minimum atomic E-state index is 0.00699. The van der Waals surface area contributed by atoms with E-state index < -0.39 is 0 Å². The molecule has 0 aromatic carbocycles. The highest BCUT2D eigenvalue weighted by Crippen LogP contribution is 2.18. The molecule has 7 heteroatoms. The molecule has 0 aliphatic heterocycles. The Balaban J connectivity index is 2.78. The number of aryl methyl sites for hydroxylation is 4. The molecule has 2 aromatic rings. The first-order valence-corrected chi connectivity index (χ1v) is 5.80. The van der Waals surface area contributed by atoms with Gasteiger partial charge in [-0.3, -0.25) is 0 Å². The van der Waals surface area contributed by atoms with Gasteiger partial charge in [-0.2, -0.15) is 4.68 Å². The van der Waals surface area contributed by atoms with E-state index in [2.05, 4.69) is 20.2 Å². The lowest BCUT2D eigenvalue weighted by Gasteiger charge is -2.12. The highest BCUT2D eigenvalue weighted by atomic mass is 16.4. The van der Waals surface area contributed by atoms with Gasteiger partial charge >= 0.3 is 0 Å². The summed E-state index contributed by atoms with van der Waals surface area (Å²) in [5.41, 5.74) is 7.99. The SMILES string of the molecule is Cc1cc(C)c(C(N)=NO)c(-n2nc(C)nc2C)n1. The van der Waals surface area contributed by atoms with Gasteiger partial charge in [-0.25, -0.2) is 9.97 Å². The largest absolute Gasteiger partial charge is 0.409 e. The summed E-state index contributed by atoms with van der Waals surface area (Å²) >= 11 is 0. The average molecular weight is 260 g/mol. The lowest BCUT2D eigenvalue weighted by atomic mass is 10.1. The van der Waals surface area contributed by atoms with E-state index >= 15 is 0 Å². The van der Waals surface area contributed by atoms with Crippen LogP contribution in [0.1, 0.15) is 28.5 Å². The summed E-state index contributed by atoms with van der Waals surface area (Å²) in [6, 6.07) is 1.87. The molecule has 0 bridgehead atoms. The van der Waals surface area contributed by atoms with Crippen molar-refractivity contribution in [1.82, 2.24) is 19.7 Å². The van der Waals surface area contributed by atoms with Gasteiger partial charge in [0.05, 0.1) is 5.56 Å². The third kappa shape index (κ3) is 2.26. The van der Waals surface area contributed by atoms with Gasteiger partial charge in [-0.15, -0.1) is 5.10 Å². The smallest absolute Gasteiger partial charge is 0.174 e. The van der Waals surface area contributed by atoms with Gasteiger partial charge in [0.1, 0.15) is 11.6 Å². The van der Waals surface area contributed by atoms with Crippen LogP contribution >= 0.6 is 0 Å². The molecule has 0 saturated heterocycles. The molecule has 2 heterocycles. The van der Waals surface area contributed by atoms with Gasteiger partial charge in [0.25, 0.3) is 0 Å². The second kappa shape index (κ2) is 4.68. The molecule has 0 radical (unpaired) electrons. The molecule has 0 saturated carbocycles. The zero-order chi connectivity index (χ0) is 14.2. The predicted octanol–water partition coefficient (Wildman–Crippen LogP) is 0.990. The number of oxime groups is 1. The summed E-state index contributed by atoms with van der Waals surface area (Å²) in [6.45, 7) is 7.39. The van der Waals surface area contributed by atoms with E-state index in [0.717, 1.165) is 11.3 Å². The molecule has 100 valence electrons. The summed E-state index contributed by atoms with van der Waals surface area (Å²) in [5, 5.41) is 16.3. The molecule has 0 fully saturated rings. The zero-order valence-corrected chi connectivity index (χ0v) is 11.3. The minimum Gasteiger partial charge on any atom is -0.409 e. The molecule has 0 amide bonds. The van der Waals surface area contributed by atoms with E-state index in [0.29, 0.717) is 23.0 Å². The zero-order valence-electron chi connectivity index (χ0n) is 11.3. The number of aromatic nitrogens is 4. The number of nitrogens with zero attached hydrogens (tertiary/aromatic N) is 5. The number of hydrogen-bond donors (Lipinski definition) is 2. The van der Waals surface area contributed by atoms with Crippen molar-refractivity contribution in [3.63, 3.8) is 0 Å². The fourth-order valence-electron chi connectivity index (χ4n) is 2.06. The first kappa shape index (κ1) is 13.0. The molecule has 0 spiro atoms. The Morgan fingerprint density at radius 2 is 1.95 bits per heavy atom. The van der Waals surface area contributed by atoms with Gasteiger partial charge < -0.3 is 10.9 Å². The van der Waals surface area contributed by atoms with Crippen molar-refractivity contribution < 1.29 is 5.21 Å². The van der Waals surface area contributed by atoms with Gasteiger partial charge in [0, 0.05) is 5.69 Å². The number of nitrogens with two attached hydrogens (primary N) is 1. The summed E-state index contributed by atoms with van der Waals surface area (Å²) in [6.07, 6.45) is 0. The Kier molecular flexibility index (Phi) is 3.20. The van der Waals surface area contributed by atoms with Crippen molar-refractivity contribution in [1.29, 1.82) is 0 Å². The normalized spacial score (nSPS) is 11.9. The van der Waals surface area contributed by atoms with Gasteiger partial charge in [-0.05, 0) is 39.3 Å². The van der Waals surface area contributed by atoms with Crippen molar-refractivity contribution >= 4 is 5.84 Å². The van der Waals surface area contributed by atoms with Crippen LogP contribution in [0.5, 0.6) is 0 Å². The van der Waals surface area contributed by atoms with Crippen molar-refractivity contribution in [3.8, 4) is 5.82 Å². The summed E-state index contributed by atoms with van der Waals surface area (Å²) < 4.78 is 1.60. The molecule has 2 rings (SSSR count). The molecule has 0 unspecified atom stereocenters. The van der Waals surface area contributed by atoms with E-state index in [1.54, 1.807) is 11.6 Å². The Labute approximate surface area is 110 Å². The van der Waals surface area contributed by atoms with Crippen LogP contribution in [0, 0.1) is 27.7 Å². The van der Waals surface area contributed by atoms with Gasteiger partial charge in [0.15, 0.2) is 11.7 Å². The van der Waals surface area contributed by atoms with Crippen molar-refractivity contribution in [2.24, 2.45) is 10.9 Å². The fraction of sp³-hybridized carbons (Fsp3) is 0.333.